The van der Waals surface area contributed by atoms with Crippen LogP contribution >= 0.6 is 0 Å². The van der Waals surface area contributed by atoms with Crippen molar-refractivity contribution >= 4 is 15.7 Å². The Bertz CT molecular complexity index is 1400. The van der Waals surface area contributed by atoms with Crippen molar-refractivity contribution in [2.24, 2.45) is 0 Å². The number of nitrogens with zero attached hydrogens (tertiary/aromatic N) is 2. The lowest BCUT2D eigenvalue weighted by Crippen LogP contribution is -2.27. The van der Waals surface area contributed by atoms with Gasteiger partial charge in [-0.15, -0.1) is 0 Å². The number of nitrogens with one attached hydrogen (secondary N) is 1. The van der Waals surface area contributed by atoms with E-state index in [0.717, 1.165) is 28.8 Å². The Hall–Kier alpha value is -3.49. The first kappa shape index (κ1) is 24.6. The summed E-state index contributed by atoms with van der Waals surface area (Å²) in [7, 11) is -0.150. The van der Waals surface area contributed by atoms with Gasteiger partial charge in [0, 0.05) is 12.1 Å². The maximum Gasteiger partial charge on any atom is 0.233 e. The Balaban J connectivity index is 1.73. The van der Waals surface area contributed by atoms with Crippen LogP contribution in [-0.2, 0) is 9.84 Å². The van der Waals surface area contributed by atoms with E-state index in [1.165, 1.54) is 12.1 Å². The zero-order valence-electron chi connectivity index (χ0n) is 20.1. The third-order valence-electron chi connectivity index (χ3n) is 5.81. The van der Waals surface area contributed by atoms with E-state index < -0.39 is 15.7 Å². The summed E-state index contributed by atoms with van der Waals surface area (Å²) in [5.41, 5.74) is 3.95. The molecule has 3 aromatic carbocycles. The largest absolute Gasteiger partial charge is 0.419 e. The van der Waals surface area contributed by atoms with Gasteiger partial charge in [0.05, 0.1) is 10.9 Å². The van der Waals surface area contributed by atoms with Crippen LogP contribution in [0.5, 0.6) is 0 Å². The molecule has 35 heavy (non-hydrogen) atoms. The highest BCUT2D eigenvalue weighted by Gasteiger charge is 2.29. The van der Waals surface area contributed by atoms with Gasteiger partial charge in [-0.2, -0.15) is 4.98 Å². The average molecular weight is 494 g/mol. The molecule has 0 saturated carbocycles. The van der Waals surface area contributed by atoms with Gasteiger partial charge in [-0.3, -0.25) is 0 Å². The minimum Gasteiger partial charge on any atom is -0.419 e. The third kappa shape index (κ3) is 5.44. The Kier molecular flexibility index (Phi) is 7.05. The summed E-state index contributed by atoms with van der Waals surface area (Å²) in [6, 6.07) is 20.3. The smallest absolute Gasteiger partial charge is 0.233 e. The van der Waals surface area contributed by atoms with Crippen LogP contribution in [0.4, 0.5) is 10.3 Å². The summed E-state index contributed by atoms with van der Waals surface area (Å²) in [5, 5.41) is 2.94. The Morgan fingerprint density at radius 2 is 1.49 bits per heavy atom. The molecule has 0 fully saturated rings. The second kappa shape index (κ2) is 10.0. The quantitative estimate of drug-likeness (QED) is 0.320. The van der Waals surface area contributed by atoms with Crippen LogP contribution in [0.1, 0.15) is 22.7 Å². The van der Waals surface area contributed by atoms with E-state index >= 15 is 0 Å². The maximum atomic E-state index is 13.5. The number of halogens is 1. The molecule has 8 heteroatoms. The van der Waals surface area contributed by atoms with Gasteiger partial charge in [0.15, 0.2) is 0 Å². The van der Waals surface area contributed by atoms with Crippen LogP contribution in [0.25, 0.3) is 11.5 Å². The molecule has 0 aliphatic rings. The molecular weight excluding hydrogens is 465 g/mol. The first-order valence-electron chi connectivity index (χ1n) is 11.2. The van der Waals surface area contributed by atoms with E-state index in [4.69, 9.17) is 4.42 Å². The second-order valence-electron chi connectivity index (χ2n) is 8.75. The van der Waals surface area contributed by atoms with Gasteiger partial charge in [-0.05, 0) is 69.9 Å². The van der Waals surface area contributed by atoms with Crippen LogP contribution < -0.4 is 5.32 Å². The number of oxazole rings is 1. The molecule has 0 saturated heterocycles. The van der Waals surface area contributed by atoms with Gasteiger partial charge < -0.3 is 14.6 Å². The number of sulfone groups is 1. The fourth-order valence-electron chi connectivity index (χ4n) is 3.72. The monoisotopic (exact) mass is 493 g/mol. The molecule has 0 radical (unpaired) electrons. The zero-order chi connectivity index (χ0) is 25.2. The summed E-state index contributed by atoms with van der Waals surface area (Å²) in [6.45, 7) is 4.37. The summed E-state index contributed by atoms with van der Waals surface area (Å²) < 4.78 is 46.3. The van der Waals surface area contributed by atoms with E-state index in [9.17, 15) is 12.8 Å². The van der Waals surface area contributed by atoms with Gasteiger partial charge in [-0.1, -0.05) is 47.5 Å². The molecule has 0 bridgehead atoms. The van der Waals surface area contributed by atoms with Crippen molar-refractivity contribution in [1.82, 2.24) is 9.88 Å². The number of benzene rings is 3. The number of aryl methyl sites for hydroxylation is 2. The van der Waals surface area contributed by atoms with Gasteiger partial charge >= 0.3 is 0 Å². The molecule has 1 unspecified atom stereocenters. The van der Waals surface area contributed by atoms with Crippen molar-refractivity contribution in [1.29, 1.82) is 0 Å². The van der Waals surface area contributed by atoms with E-state index in [-0.39, 0.29) is 27.7 Å². The number of hydrogen-bond acceptors (Lipinski definition) is 6. The van der Waals surface area contributed by atoms with Crippen LogP contribution in [0.15, 0.2) is 87.1 Å². The van der Waals surface area contributed by atoms with Crippen molar-refractivity contribution in [3.8, 4) is 11.5 Å². The Morgan fingerprint density at radius 1 is 0.914 bits per heavy atom. The third-order valence-corrected chi connectivity index (χ3v) is 7.49. The molecule has 4 rings (SSSR count). The molecule has 0 amide bonds. The molecule has 1 atom stereocenters. The second-order valence-corrected chi connectivity index (χ2v) is 10.6. The van der Waals surface area contributed by atoms with E-state index in [1.54, 1.807) is 0 Å². The lowest BCUT2D eigenvalue weighted by atomic mass is 10.0. The number of likely N-dealkylation sites (N-methyl/N-ethyl adjacent to an activating group) is 1. The van der Waals surface area contributed by atoms with Gasteiger partial charge in [-0.25, -0.2) is 12.8 Å². The van der Waals surface area contributed by atoms with Crippen molar-refractivity contribution in [3.63, 3.8) is 0 Å². The van der Waals surface area contributed by atoms with Crippen molar-refractivity contribution in [2.75, 3.05) is 26.0 Å². The molecule has 1 heterocycles. The molecule has 0 spiro atoms. The molecule has 6 nitrogen and oxygen atoms in total. The molecule has 1 N–H and O–H groups in total. The minimum atomic E-state index is -4.07. The van der Waals surface area contributed by atoms with Crippen LogP contribution in [-0.4, -0.2) is 38.9 Å². The Morgan fingerprint density at radius 3 is 2.06 bits per heavy atom. The molecule has 4 aromatic rings. The summed E-state index contributed by atoms with van der Waals surface area (Å²) in [6.07, 6.45) is 0. The number of hydrogen-bond donors (Lipinski definition) is 1. The predicted molar refractivity (Wildman–Crippen MR) is 135 cm³/mol. The van der Waals surface area contributed by atoms with E-state index in [1.807, 2.05) is 69.2 Å². The highest BCUT2D eigenvalue weighted by molar-refractivity contribution is 7.91. The lowest BCUT2D eigenvalue weighted by molar-refractivity contribution is 0.310. The molecule has 0 aliphatic carbocycles. The molecule has 1 aromatic heterocycles. The molecule has 0 aliphatic heterocycles. The zero-order valence-corrected chi connectivity index (χ0v) is 20.9. The summed E-state index contributed by atoms with van der Waals surface area (Å²) in [5.74, 6) is -0.288. The fraction of sp³-hybridized carbons (Fsp3) is 0.222. The van der Waals surface area contributed by atoms with Crippen molar-refractivity contribution in [3.05, 3.63) is 95.3 Å². The van der Waals surface area contributed by atoms with E-state index in [2.05, 4.69) is 22.4 Å². The maximum absolute atomic E-state index is 13.5. The van der Waals surface area contributed by atoms with Crippen LogP contribution in [0.2, 0.25) is 0 Å². The standard InChI is InChI=1S/C27H28FN3O3S/c1-18-5-9-20(10-6-18)24(31(3)4)17-29-26-27(35(32,33)23-15-13-22(28)14-16-23)30-25(34-26)21-11-7-19(2)8-12-21/h5-16,24,29H,17H2,1-4H3. The SMILES string of the molecule is Cc1ccc(-c2nc(S(=O)(=O)c3ccc(F)cc3)c(NCC(c3ccc(C)cc3)N(C)C)o2)cc1. The summed E-state index contributed by atoms with van der Waals surface area (Å²) in [4.78, 5) is 6.35. The fourth-order valence-corrected chi connectivity index (χ4v) is 5.00. The van der Waals surface area contributed by atoms with Crippen molar-refractivity contribution < 1.29 is 17.2 Å². The van der Waals surface area contributed by atoms with E-state index in [0.29, 0.717) is 12.1 Å². The van der Waals surface area contributed by atoms with Crippen LogP contribution in [0, 0.1) is 19.7 Å². The lowest BCUT2D eigenvalue weighted by Gasteiger charge is -2.25. The number of anilines is 1. The number of rotatable bonds is 8. The minimum absolute atomic E-state index is 0.0452. The topological polar surface area (TPSA) is 75.4 Å². The average Bonchev–Trinajstić information content (AvgIpc) is 3.26. The van der Waals surface area contributed by atoms with Crippen molar-refractivity contribution in [2.45, 2.75) is 29.8 Å². The van der Waals surface area contributed by atoms with Gasteiger partial charge in [0.25, 0.3) is 0 Å². The predicted octanol–water partition coefficient (Wildman–Crippen LogP) is 5.65. The van der Waals surface area contributed by atoms with Gasteiger partial charge in [0.2, 0.25) is 26.6 Å². The highest BCUT2D eigenvalue weighted by Crippen LogP contribution is 2.33. The Labute approximate surface area is 205 Å². The first-order chi connectivity index (χ1) is 16.6. The summed E-state index contributed by atoms with van der Waals surface area (Å²) >= 11 is 0. The van der Waals surface area contributed by atoms with Crippen LogP contribution in [0.3, 0.4) is 0 Å². The van der Waals surface area contributed by atoms with Gasteiger partial charge in [0.1, 0.15) is 5.82 Å². The first-order valence-corrected chi connectivity index (χ1v) is 12.7. The number of aromatic nitrogens is 1. The normalized spacial score (nSPS) is 12.6. The molecule has 182 valence electrons. The highest BCUT2D eigenvalue weighted by atomic mass is 32.2. The molecular formula is C27H28FN3O3S.